The molecule has 0 atom stereocenters. The van der Waals surface area contributed by atoms with Crippen LogP contribution in [0.1, 0.15) is 29.8 Å². The molecule has 0 fully saturated rings. The lowest BCUT2D eigenvalue weighted by molar-refractivity contribution is -0.123. The van der Waals surface area contributed by atoms with E-state index in [9.17, 15) is 14.4 Å². The lowest BCUT2D eigenvalue weighted by atomic mass is 10.1. The number of amides is 2. The number of carbonyl (C=O) groups excluding carboxylic acids is 2. The third kappa shape index (κ3) is 2.79. The van der Waals surface area contributed by atoms with Crippen LogP contribution < -0.4 is 10.2 Å². The van der Waals surface area contributed by atoms with E-state index in [4.69, 9.17) is 5.11 Å². The molecule has 1 aromatic carbocycles. The van der Waals surface area contributed by atoms with E-state index in [2.05, 4.69) is 5.32 Å². The predicted molar refractivity (Wildman–Crippen MR) is 72.7 cm³/mol. The molecule has 6 heteroatoms. The molecule has 0 bridgehead atoms. The molecular formula is C14H16N2O4. The Morgan fingerprint density at radius 2 is 2.10 bits per heavy atom. The third-order valence-electron chi connectivity index (χ3n) is 3.01. The number of nitrogens with one attached hydrogen (secondary N) is 1. The fourth-order valence-electron chi connectivity index (χ4n) is 2.20. The van der Waals surface area contributed by atoms with Crippen LogP contribution in [0.4, 0.5) is 5.69 Å². The van der Waals surface area contributed by atoms with E-state index in [1.165, 1.54) is 17.0 Å². The van der Waals surface area contributed by atoms with Crippen LogP contribution in [-0.4, -0.2) is 35.5 Å². The molecule has 106 valence electrons. The number of carboxylic acids is 1. The van der Waals surface area contributed by atoms with Crippen molar-refractivity contribution in [2.75, 3.05) is 11.4 Å². The Balaban J connectivity index is 2.20. The number of nitrogens with zero attached hydrogens (tertiary/aromatic N) is 1. The van der Waals surface area contributed by atoms with Crippen molar-refractivity contribution in [2.45, 2.75) is 26.3 Å². The fourth-order valence-corrected chi connectivity index (χ4v) is 2.20. The van der Waals surface area contributed by atoms with Crippen LogP contribution in [0.25, 0.3) is 0 Å². The van der Waals surface area contributed by atoms with E-state index in [-0.39, 0.29) is 36.4 Å². The van der Waals surface area contributed by atoms with E-state index in [1.807, 2.05) is 13.8 Å². The highest BCUT2D eigenvalue weighted by Gasteiger charge is 2.29. The van der Waals surface area contributed by atoms with Gasteiger partial charge in [-0.2, -0.15) is 0 Å². The summed E-state index contributed by atoms with van der Waals surface area (Å²) in [4.78, 5) is 36.0. The molecule has 0 saturated carbocycles. The van der Waals surface area contributed by atoms with Gasteiger partial charge in [-0.05, 0) is 37.6 Å². The lowest BCUT2D eigenvalue weighted by Crippen LogP contribution is -2.41. The summed E-state index contributed by atoms with van der Waals surface area (Å²) in [5.41, 5.74) is 1.40. The molecule has 6 nitrogen and oxygen atoms in total. The SMILES string of the molecule is CC(C)NC(=O)CN1C(=O)Cc2cc(C(=O)O)ccc21. The number of carboxylic acid groups (broad SMARTS) is 1. The van der Waals surface area contributed by atoms with Crippen molar-refractivity contribution in [1.82, 2.24) is 5.32 Å². The molecule has 1 aliphatic rings. The van der Waals surface area contributed by atoms with Gasteiger partial charge in [0.1, 0.15) is 6.54 Å². The van der Waals surface area contributed by atoms with Gasteiger partial charge in [0, 0.05) is 11.7 Å². The molecule has 0 aromatic heterocycles. The summed E-state index contributed by atoms with van der Waals surface area (Å²) in [6, 6.07) is 4.50. The smallest absolute Gasteiger partial charge is 0.335 e. The highest BCUT2D eigenvalue weighted by Crippen LogP contribution is 2.29. The first-order valence-corrected chi connectivity index (χ1v) is 6.34. The number of benzene rings is 1. The van der Waals surface area contributed by atoms with Gasteiger partial charge in [-0.15, -0.1) is 0 Å². The van der Waals surface area contributed by atoms with E-state index in [0.29, 0.717) is 11.3 Å². The number of anilines is 1. The number of aromatic carboxylic acids is 1. The van der Waals surface area contributed by atoms with Gasteiger partial charge in [0.2, 0.25) is 11.8 Å². The van der Waals surface area contributed by atoms with Crippen molar-refractivity contribution in [3.05, 3.63) is 29.3 Å². The summed E-state index contributed by atoms with van der Waals surface area (Å²) < 4.78 is 0. The van der Waals surface area contributed by atoms with Gasteiger partial charge in [-0.25, -0.2) is 4.79 Å². The van der Waals surface area contributed by atoms with E-state index in [1.54, 1.807) is 6.07 Å². The molecule has 20 heavy (non-hydrogen) atoms. The average Bonchev–Trinajstić information content (AvgIpc) is 2.64. The average molecular weight is 276 g/mol. The van der Waals surface area contributed by atoms with E-state index < -0.39 is 5.97 Å². The Bertz CT molecular complexity index is 581. The van der Waals surface area contributed by atoms with Crippen LogP contribution in [0.2, 0.25) is 0 Å². The van der Waals surface area contributed by atoms with Gasteiger partial charge < -0.3 is 15.3 Å². The van der Waals surface area contributed by atoms with Gasteiger partial charge in [-0.1, -0.05) is 0 Å². The Hall–Kier alpha value is -2.37. The molecule has 2 amide bonds. The largest absolute Gasteiger partial charge is 0.478 e. The van der Waals surface area contributed by atoms with Gasteiger partial charge in [0.25, 0.3) is 0 Å². The van der Waals surface area contributed by atoms with Crippen molar-refractivity contribution in [1.29, 1.82) is 0 Å². The number of hydrogen-bond donors (Lipinski definition) is 2. The van der Waals surface area contributed by atoms with Crippen molar-refractivity contribution in [3.8, 4) is 0 Å². The van der Waals surface area contributed by atoms with Gasteiger partial charge >= 0.3 is 5.97 Å². The highest BCUT2D eigenvalue weighted by atomic mass is 16.4. The Labute approximate surface area is 116 Å². The normalized spacial score (nSPS) is 13.6. The van der Waals surface area contributed by atoms with Crippen LogP contribution in [0.15, 0.2) is 18.2 Å². The summed E-state index contributed by atoms with van der Waals surface area (Å²) in [6.07, 6.45) is 0.130. The van der Waals surface area contributed by atoms with Crippen molar-refractivity contribution in [3.63, 3.8) is 0 Å². The summed E-state index contributed by atoms with van der Waals surface area (Å²) in [5, 5.41) is 11.7. The molecule has 2 N–H and O–H groups in total. The second kappa shape index (κ2) is 5.32. The van der Waals surface area contributed by atoms with Crippen LogP contribution >= 0.6 is 0 Å². The molecule has 1 aliphatic heterocycles. The summed E-state index contributed by atoms with van der Waals surface area (Å²) in [7, 11) is 0. The van der Waals surface area contributed by atoms with Crippen LogP contribution in [0.5, 0.6) is 0 Å². The zero-order valence-corrected chi connectivity index (χ0v) is 11.3. The maximum absolute atomic E-state index is 11.9. The molecule has 1 heterocycles. The second-order valence-electron chi connectivity index (χ2n) is 5.03. The number of rotatable bonds is 4. The minimum Gasteiger partial charge on any atom is -0.478 e. The number of hydrogen-bond acceptors (Lipinski definition) is 3. The third-order valence-corrected chi connectivity index (χ3v) is 3.01. The Morgan fingerprint density at radius 1 is 1.40 bits per heavy atom. The first-order valence-electron chi connectivity index (χ1n) is 6.34. The van der Waals surface area contributed by atoms with E-state index >= 15 is 0 Å². The Morgan fingerprint density at radius 3 is 2.70 bits per heavy atom. The molecular weight excluding hydrogens is 260 g/mol. The first-order chi connectivity index (χ1) is 9.38. The van der Waals surface area contributed by atoms with Crippen molar-refractivity contribution >= 4 is 23.5 Å². The van der Waals surface area contributed by atoms with Gasteiger partial charge in [0.15, 0.2) is 0 Å². The van der Waals surface area contributed by atoms with Gasteiger partial charge in [-0.3, -0.25) is 9.59 Å². The minimum absolute atomic E-state index is 0.00839. The summed E-state index contributed by atoms with van der Waals surface area (Å²) >= 11 is 0. The van der Waals surface area contributed by atoms with Gasteiger partial charge in [0.05, 0.1) is 12.0 Å². The van der Waals surface area contributed by atoms with Crippen LogP contribution in [0.3, 0.4) is 0 Å². The zero-order valence-electron chi connectivity index (χ0n) is 11.3. The topological polar surface area (TPSA) is 86.7 Å². The zero-order chi connectivity index (χ0) is 14.9. The monoisotopic (exact) mass is 276 g/mol. The van der Waals surface area contributed by atoms with Crippen molar-refractivity contribution < 1.29 is 19.5 Å². The molecule has 0 unspecified atom stereocenters. The summed E-state index contributed by atoms with van der Waals surface area (Å²) in [6.45, 7) is 3.64. The standard InChI is InChI=1S/C14H16N2O4/c1-8(2)15-12(17)7-16-11-4-3-9(14(19)20)5-10(11)6-13(16)18/h3-5,8H,6-7H2,1-2H3,(H,15,17)(H,19,20). The molecule has 2 rings (SSSR count). The Kier molecular flexibility index (Phi) is 3.74. The molecule has 1 aromatic rings. The maximum atomic E-state index is 11.9. The minimum atomic E-state index is -1.03. The molecule has 0 radical (unpaired) electrons. The first kappa shape index (κ1) is 14.0. The quantitative estimate of drug-likeness (QED) is 0.851. The summed E-state index contributed by atoms with van der Waals surface area (Å²) in [5.74, 6) is -1.46. The highest BCUT2D eigenvalue weighted by molar-refractivity contribution is 6.05. The van der Waals surface area contributed by atoms with Crippen molar-refractivity contribution in [2.24, 2.45) is 0 Å². The predicted octanol–water partition coefficient (Wildman–Crippen LogP) is 0.798. The molecule has 0 spiro atoms. The lowest BCUT2D eigenvalue weighted by Gasteiger charge is -2.18. The fraction of sp³-hybridized carbons (Fsp3) is 0.357. The number of carbonyl (C=O) groups is 3. The maximum Gasteiger partial charge on any atom is 0.335 e. The molecule has 0 saturated heterocycles. The molecule has 0 aliphatic carbocycles. The van der Waals surface area contributed by atoms with Crippen LogP contribution in [-0.2, 0) is 16.0 Å². The van der Waals surface area contributed by atoms with E-state index in [0.717, 1.165) is 0 Å². The second-order valence-corrected chi connectivity index (χ2v) is 5.03. The van der Waals surface area contributed by atoms with Crippen LogP contribution in [0, 0.1) is 0 Å². The number of fused-ring (bicyclic) bond motifs is 1.